The fourth-order valence-electron chi connectivity index (χ4n) is 0.743. The second-order valence-electron chi connectivity index (χ2n) is 2.68. The van der Waals surface area contributed by atoms with E-state index in [0.29, 0.717) is 12.4 Å². The van der Waals surface area contributed by atoms with Gasteiger partial charge in [-0.1, -0.05) is 25.8 Å². The molecule has 0 atom stereocenters. The summed E-state index contributed by atoms with van der Waals surface area (Å²) in [6, 6.07) is 0. The van der Waals surface area contributed by atoms with E-state index in [1.165, 1.54) is 15.7 Å². The van der Waals surface area contributed by atoms with Crippen LogP contribution in [0.5, 0.6) is 0 Å². The number of carbonyl (C=O) groups excluding carboxylic acids is 1. The molecule has 5 heteroatoms. The van der Waals surface area contributed by atoms with Crippen LogP contribution in [-0.2, 0) is 4.74 Å². The molecule has 0 rings (SSSR count). The molecule has 0 saturated carbocycles. The zero-order valence-corrected chi connectivity index (χ0v) is 10.2. The zero-order chi connectivity index (χ0) is 10.8. The van der Waals surface area contributed by atoms with E-state index in [0.717, 1.165) is 19.3 Å². The third kappa shape index (κ3) is 7.15. The van der Waals surface area contributed by atoms with E-state index in [1.807, 2.05) is 0 Å². The van der Waals surface area contributed by atoms with Crippen LogP contribution in [0.4, 0.5) is 4.79 Å². The molecule has 0 heterocycles. The molecule has 0 N–H and O–H groups in total. The summed E-state index contributed by atoms with van der Waals surface area (Å²) in [4.78, 5) is 11.2. The first-order chi connectivity index (χ1) is 6.72. The molecular weight excluding hydrogens is 218 g/mol. The molecule has 82 valence electrons. The summed E-state index contributed by atoms with van der Waals surface area (Å²) in [5.74, 6) is 0.646. The zero-order valence-electron chi connectivity index (χ0n) is 8.44. The number of thiol groups is 1. The lowest BCUT2D eigenvalue weighted by atomic mass is 10.3. The van der Waals surface area contributed by atoms with Gasteiger partial charge in [0.2, 0.25) is 0 Å². The maximum absolute atomic E-state index is 11.2. The van der Waals surface area contributed by atoms with Crippen molar-refractivity contribution in [1.29, 1.82) is 0 Å². The Morgan fingerprint density at radius 3 is 2.93 bits per heavy atom. The number of carbonyl (C=O) groups is 1. The largest absolute Gasteiger partial charge is 0.448 e. The summed E-state index contributed by atoms with van der Waals surface area (Å²) in [7, 11) is 0. The van der Waals surface area contributed by atoms with E-state index in [4.69, 9.17) is 4.74 Å². The molecular formula is C9H17NO2S2. The van der Waals surface area contributed by atoms with Crippen molar-refractivity contribution in [3.8, 4) is 0 Å². The molecule has 0 radical (unpaired) electrons. The van der Waals surface area contributed by atoms with Crippen LogP contribution in [0.15, 0.2) is 12.7 Å². The number of rotatable bonds is 7. The summed E-state index contributed by atoms with van der Waals surface area (Å²) in [5.41, 5.74) is 0. The van der Waals surface area contributed by atoms with Crippen LogP contribution in [0.25, 0.3) is 0 Å². The van der Waals surface area contributed by atoms with Crippen LogP contribution < -0.4 is 0 Å². The fraction of sp³-hybridized carbons (Fsp3) is 0.667. The van der Waals surface area contributed by atoms with E-state index in [9.17, 15) is 4.79 Å². The Kier molecular flexibility index (Phi) is 9.08. The van der Waals surface area contributed by atoms with Crippen molar-refractivity contribution in [2.24, 2.45) is 0 Å². The van der Waals surface area contributed by atoms with Crippen LogP contribution in [0.1, 0.15) is 26.2 Å². The van der Waals surface area contributed by atoms with Gasteiger partial charge < -0.3 is 4.74 Å². The molecule has 0 fully saturated rings. The highest BCUT2D eigenvalue weighted by atomic mass is 32.2. The van der Waals surface area contributed by atoms with E-state index < -0.39 is 6.09 Å². The Balaban J connectivity index is 3.46. The Bertz CT molecular complexity index is 176. The lowest BCUT2D eigenvalue weighted by Crippen LogP contribution is -2.17. The van der Waals surface area contributed by atoms with Crippen LogP contribution in [-0.4, -0.2) is 22.2 Å². The maximum Gasteiger partial charge on any atom is 0.430 e. The molecule has 0 bridgehead atoms. The van der Waals surface area contributed by atoms with Gasteiger partial charge in [-0.3, -0.25) is 0 Å². The SMILES string of the molecule is C=CCSN(S)C(=O)OCCCCC. The quantitative estimate of drug-likeness (QED) is 0.318. The second kappa shape index (κ2) is 9.27. The van der Waals surface area contributed by atoms with Crippen molar-refractivity contribution in [3.63, 3.8) is 0 Å². The Morgan fingerprint density at radius 1 is 1.64 bits per heavy atom. The van der Waals surface area contributed by atoms with Crippen molar-refractivity contribution in [2.45, 2.75) is 26.2 Å². The van der Waals surface area contributed by atoms with E-state index in [-0.39, 0.29) is 0 Å². The first-order valence-corrected chi connectivity index (χ1v) is 5.96. The third-order valence-electron chi connectivity index (χ3n) is 1.44. The number of nitrogens with zero attached hydrogens (tertiary/aromatic N) is 1. The average Bonchev–Trinajstić information content (AvgIpc) is 2.20. The van der Waals surface area contributed by atoms with E-state index in [2.05, 4.69) is 26.3 Å². The molecule has 0 unspecified atom stereocenters. The highest BCUT2D eigenvalue weighted by Gasteiger charge is 2.10. The lowest BCUT2D eigenvalue weighted by Gasteiger charge is -2.12. The van der Waals surface area contributed by atoms with Crippen LogP contribution in [0, 0.1) is 0 Å². The van der Waals surface area contributed by atoms with Crippen LogP contribution in [0.3, 0.4) is 0 Å². The van der Waals surface area contributed by atoms with E-state index in [1.54, 1.807) is 6.08 Å². The minimum absolute atomic E-state index is 0.406. The Hall–Kier alpha value is -0.290. The van der Waals surface area contributed by atoms with Gasteiger partial charge in [0.15, 0.2) is 0 Å². The minimum Gasteiger partial charge on any atom is -0.448 e. The summed E-state index contributed by atoms with van der Waals surface area (Å²) in [5, 5.41) is 0. The van der Waals surface area contributed by atoms with Crippen molar-refractivity contribution in [3.05, 3.63) is 12.7 Å². The molecule has 0 aromatic heterocycles. The van der Waals surface area contributed by atoms with Gasteiger partial charge in [-0.25, -0.2) is 4.79 Å². The molecule has 0 aliphatic carbocycles. The normalized spacial score (nSPS) is 9.57. The summed E-state index contributed by atoms with van der Waals surface area (Å²) in [6.07, 6.45) is 4.41. The summed E-state index contributed by atoms with van der Waals surface area (Å²) < 4.78 is 6.15. The first kappa shape index (κ1) is 13.7. The maximum atomic E-state index is 11.2. The van der Waals surface area contributed by atoms with Gasteiger partial charge in [0.1, 0.15) is 0 Å². The van der Waals surface area contributed by atoms with Gasteiger partial charge in [-0.2, -0.15) is 3.71 Å². The van der Waals surface area contributed by atoms with E-state index >= 15 is 0 Å². The number of hydrogen-bond donors (Lipinski definition) is 1. The molecule has 0 saturated heterocycles. The molecule has 14 heavy (non-hydrogen) atoms. The van der Waals surface area contributed by atoms with Gasteiger partial charge in [0.25, 0.3) is 0 Å². The molecule has 0 aromatic rings. The summed E-state index contributed by atoms with van der Waals surface area (Å²) in [6.45, 7) is 6.12. The highest BCUT2D eigenvalue weighted by molar-refractivity contribution is 8.06. The highest BCUT2D eigenvalue weighted by Crippen LogP contribution is 2.14. The molecule has 1 amide bonds. The first-order valence-electron chi connectivity index (χ1n) is 4.62. The third-order valence-corrected chi connectivity index (χ3v) is 2.73. The van der Waals surface area contributed by atoms with Crippen molar-refractivity contribution < 1.29 is 9.53 Å². The molecule has 0 aliphatic heterocycles. The van der Waals surface area contributed by atoms with Gasteiger partial charge in [0, 0.05) is 5.75 Å². The van der Waals surface area contributed by atoms with Crippen LogP contribution in [0.2, 0.25) is 0 Å². The lowest BCUT2D eigenvalue weighted by molar-refractivity contribution is 0.140. The van der Waals surface area contributed by atoms with Crippen molar-refractivity contribution in [1.82, 2.24) is 3.71 Å². The standard InChI is InChI=1S/C9H17NO2S2/c1-3-5-6-7-12-9(11)10(13)14-8-4-2/h4,13H,2-3,5-8H2,1H3. The summed E-state index contributed by atoms with van der Waals surface area (Å²) >= 11 is 5.21. The van der Waals surface area contributed by atoms with Gasteiger partial charge >= 0.3 is 6.09 Å². The molecule has 3 nitrogen and oxygen atoms in total. The second-order valence-corrected chi connectivity index (χ2v) is 4.31. The fourth-order valence-corrected chi connectivity index (χ4v) is 1.41. The topological polar surface area (TPSA) is 29.5 Å². The van der Waals surface area contributed by atoms with Crippen LogP contribution >= 0.6 is 24.8 Å². The predicted octanol–water partition coefficient (Wildman–Crippen LogP) is 3.29. The molecule has 0 aliphatic rings. The van der Waals surface area contributed by atoms with Gasteiger partial charge in [-0.15, -0.1) is 6.58 Å². The number of ether oxygens (including phenoxy) is 1. The van der Waals surface area contributed by atoms with Crippen molar-refractivity contribution in [2.75, 3.05) is 12.4 Å². The Labute approximate surface area is 95.6 Å². The minimum atomic E-state index is -0.406. The predicted molar refractivity (Wildman–Crippen MR) is 64.4 cm³/mol. The smallest absolute Gasteiger partial charge is 0.430 e. The number of unbranched alkanes of at least 4 members (excludes halogenated alkanes) is 2. The monoisotopic (exact) mass is 235 g/mol. The van der Waals surface area contributed by atoms with Crippen molar-refractivity contribution >= 4 is 30.9 Å². The Morgan fingerprint density at radius 2 is 2.36 bits per heavy atom. The van der Waals surface area contributed by atoms with Gasteiger partial charge in [-0.05, 0) is 31.2 Å². The molecule has 0 aromatic carbocycles. The number of amides is 1. The average molecular weight is 235 g/mol. The number of hydrogen-bond acceptors (Lipinski definition) is 4. The molecule has 0 spiro atoms. The van der Waals surface area contributed by atoms with Gasteiger partial charge in [0.05, 0.1) is 6.61 Å².